The van der Waals surface area contributed by atoms with Crippen molar-refractivity contribution in [1.82, 2.24) is 10.5 Å². The van der Waals surface area contributed by atoms with Crippen molar-refractivity contribution in [2.45, 2.75) is 13.5 Å². The maximum atomic E-state index is 12.9. The van der Waals surface area contributed by atoms with Gasteiger partial charge < -0.3 is 9.84 Å². The van der Waals surface area contributed by atoms with E-state index in [0.29, 0.717) is 22.6 Å². The normalized spacial score (nSPS) is 10.5. The Morgan fingerprint density at radius 2 is 1.96 bits per heavy atom. The van der Waals surface area contributed by atoms with Gasteiger partial charge in [-0.25, -0.2) is 4.39 Å². The van der Waals surface area contributed by atoms with Crippen LogP contribution in [0, 0.1) is 22.9 Å². The van der Waals surface area contributed by atoms with Crippen molar-refractivity contribution >= 4 is 11.6 Å². The first kappa shape index (κ1) is 17.3. The summed E-state index contributed by atoms with van der Waals surface area (Å²) in [6, 6.07) is 11.6. The number of nitro groups is 1. The fourth-order valence-electron chi connectivity index (χ4n) is 2.37. The van der Waals surface area contributed by atoms with Gasteiger partial charge in [-0.3, -0.25) is 14.9 Å². The summed E-state index contributed by atoms with van der Waals surface area (Å²) in [7, 11) is 0. The third-order valence-electron chi connectivity index (χ3n) is 3.79. The van der Waals surface area contributed by atoms with Gasteiger partial charge in [-0.05, 0) is 37.3 Å². The van der Waals surface area contributed by atoms with Crippen LogP contribution in [0.1, 0.15) is 21.6 Å². The maximum Gasteiger partial charge on any atom is 0.273 e. The highest BCUT2D eigenvalue weighted by Crippen LogP contribution is 2.21. The lowest BCUT2D eigenvalue weighted by atomic mass is 10.1. The van der Waals surface area contributed by atoms with E-state index in [1.807, 2.05) is 0 Å². The van der Waals surface area contributed by atoms with E-state index in [4.69, 9.17) is 4.52 Å². The van der Waals surface area contributed by atoms with Crippen LogP contribution < -0.4 is 5.32 Å². The van der Waals surface area contributed by atoms with Gasteiger partial charge in [0, 0.05) is 28.8 Å². The minimum atomic E-state index is -0.529. The maximum absolute atomic E-state index is 12.9. The molecule has 1 aromatic heterocycles. The minimum absolute atomic E-state index is 0.0885. The number of nitrogens with zero attached hydrogens (tertiary/aromatic N) is 2. The van der Waals surface area contributed by atoms with E-state index in [9.17, 15) is 19.3 Å². The zero-order valence-corrected chi connectivity index (χ0v) is 13.7. The molecule has 1 heterocycles. The van der Waals surface area contributed by atoms with Crippen molar-refractivity contribution in [1.29, 1.82) is 0 Å². The molecule has 3 rings (SSSR count). The summed E-state index contributed by atoms with van der Waals surface area (Å²) in [4.78, 5) is 22.6. The molecule has 0 bridgehead atoms. The second-order valence-corrected chi connectivity index (χ2v) is 5.63. The van der Waals surface area contributed by atoms with Crippen molar-refractivity contribution in [3.8, 4) is 11.3 Å². The number of carbonyl (C=O) groups is 1. The van der Waals surface area contributed by atoms with E-state index in [2.05, 4.69) is 10.5 Å². The van der Waals surface area contributed by atoms with Crippen LogP contribution in [0.4, 0.5) is 10.1 Å². The molecule has 0 atom stereocenters. The molecule has 0 aliphatic rings. The molecular weight excluding hydrogens is 341 g/mol. The molecule has 7 nitrogen and oxygen atoms in total. The molecule has 0 fully saturated rings. The fraction of sp³-hybridized carbons (Fsp3) is 0.111. The average molecular weight is 355 g/mol. The van der Waals surface area contributed by atoms with Crippen LogP contribution in [0.15, 0.2) is 53.1 Å². The summed E-state index contributed by atoms with van der Waals surface area (Å²) < 4.78 is 18.1. The van der Waals surface area contributed by atoms with Gasteiger partial charge >= 0.3 is 0 Å². The van der Waals surface area contributed by atoms with Crippen LogP contribution in [0.3, 0.4) is 0 Å². The zero-order valence-electron chi connectivity index (χ0n) is 13.7. The molecule has 26 heavy (non-hydrogen) atoms. The molecule has 1 N–H and O–H groups in total. The molecule has 1 amide bonds. The van der Waals surface area contributed by atoms with Crippen LogP contribution in [0.5, 0.6) is 0 Å². The Kier molecular flexibility index (Phi) is 4.74. The first-order valence-corrected chi connectivity index (χ1v) is 7.69. The van der Waals surface area contributed by atoms with Gasteiger partial charge in [0.25, 0.3) is 11.6 Å². The molecule has 0 saturated carbocycles. The number of nitro benzene ring substituents is 1. The number of amides is 1. The molecule has 132 valence electrons. The first-order chi connectivity index (χ1) is 12.4. The van der Waals surface area contributed by atoms with E-state index in [1.165, 1.54) is 30.3 Å². The lowest BCUT2D eigenvalue weighted by Gasteiger charge is -2.04. The summed E-state index contributed by atoms with van der Waals surface area (Å²) >= 11 is 0. The Bertz CT molecular complexity index is 967. The van der Waals surface area contributed by atoms with Crippen molar-refractivity contribution in [2.75, 3.05) is 0 Å². The molecule has 0 spiro atoms. The van der Waals surface area contributed by atoms with Gasteiger partial charge in [-0.1, -0.05) is 11.2 Å². The highest BCUT2D eigenvalue weighted by molar-refractivity contribution is 5.94. The fourth-order valence-corrected chi connectivity index (χ4v) is 2.37. The Labute approximate surface area is 147 Å². The zero-order chi connectivity index (χ0) is 18.7. The highest BCUT2D eigenvalue weighted by Gasteiger charge is 2.15. The van der Waals surface area contributed by atoms with E-state index >= 15 is 0 Å². The third-order valence-corrected chi connectivity index (χ3v) is 3.79. The number of aryl methyl sites for hydroxylation is 1. The van der Waals surface area contributed by atoms with Gasteiger partial charge in [0.1, 0.15) is 11.5 Å². The van der Waals surface area contributed by atoms with Crippen LogP contribution in [-0.2, 0) is 6.54 Å². The number of halogens is 1. The van der Waals surface area contributed by atoms with Crippen LogP contribution in [0.2, 0.25) is 0 Å². The van der Waals surface area contributed by atoms with Gasteiger partial charge in [0.05, 0.1) is 11.5 Å². The summed E-state index contributed by atoms with van der Waals surface area (Å²) in [5, 5.41) is 17.4. The van der Waals surface area contributed by atoms with Crippen molar-refractivity contribution in [3.05, 3.63) is 81.3 Å². The summed E-state index contributed by atoms with van der Waals surface area (Å²) in [5.41, 5.74) is 1.68. The molecule has 0 unspecified atom stereocenters. The predicted octanol–water partition coefficient (Wildman–Crippen LogP) is 3.63. The Hall–Kier alpha value is -3.55. The summed E-state index contributed by atoms with van der Waals surface area (Å²) in [6.07, 6.45) is 0. The molecule has 0 saturated heterocycles. The smallest absolute Gasteiger partial charge is 0.273 e. The van der Waals surface area contributed by atoms with E-state index in [1.54, 1.807) is 25.1 Å². The number of nitrogens with one attached hydrogen (secondary N) is 1. The van der Waals surface area contributed by atoms with Crippen molar-refractivity contribution in [2.24, 2.45) is 0 Å². The second kappa shape index (κ2) is 7.14. The highest BCUT2D eigenvalue weighted by atomic mass is 19.1. The van der Waals surface area contributed by atoms with Gasteiger partial charge in [0.15, 0.2) is 5.76 Å². The summed E-state index contributed by atoms with van der Waals surface area (Å²) in [6.45, 7) is 1.69. The minimum Gasteiger partial charge on any atom is -0.356 e. The number of carbonyl (C=O) groups excluding carboxylic acids is 1. The van der Waals surface area contributed by atoms with Crippen LogP contribution in [0.25, 0.3) is 11.3 Å². The molecule has 0 aliphatic heterocycles. The number of rotatable bonds is 5. The molecule has 8 heteroatoms. The largest absolute Gasteiger partial charge is 0.356 e. The van der Waals surface area contributed by atoms with Crippen LogP contribution >= 0.6 is 0 Å². The van der Waals surface area contributed by atoms with E-state index in [-0.39, 0.29) is 23.6 Å². The Morgan fingerprint density at radius 1 is 1.23 bits per heavy atom. The number of hydrogen-bond donors (Lipinski definition) is 1. The molecule has 3 aromatic rings. The predicted molar refractivity (Wildman–Crippen MR) is 90.9 cm³/mol. The van der Waals surface area contributed by atoms with Crippen molar-refractivity contribution in [3.63, 3.8) is 0 Å². The van der Waals surface area contributed by atoms with Gasteiger partial charge in [-0.2, -0.15) is 0 Å². The SMILES string of the molecule is Cc1ccc(C(=O)NCc2cc(-c3ccc(F)cc3)on2)cc1[N+](=O)[O-]. The van der Waals surface area contributed by atoms with Gasteiger partial charge in [-0.15, -0.1) is 0 Å². The van der Waals surface area contributed by atoms with E-state index < -0.39 is 10.8 Å². The Balaban J connectivity index is 1.68. The topological polar surface area (TPSA) is 98.3 Å². The summed E-state index contributed by atoms with van der Waals surface area (Å²) in [5.74, 6) is -0.368. The van der Waals surface area contributed by atoms with Crippen LogP contribution in [-0.4, -0.2) is 16.0 Å². The molecule has 0 radical (unpaired) electrons. The molecule has 2 aromatic carbocycles. The monoisotopic (exact) mass is 355 g/mol. The lowest BCUT2D eigenvalue weighted by Crippen LogP contribution is -2.23. The Morgan fingerprint density at radius 3 is 2.65 bits per heavy atom. The molecule has 0 aliphatic carbocycles. The average Bonchev–Trinajstić information content (AvgIpc) is 3.09. The standard InChI is InChI=1S/C18H14FN3O4/c1-11-2-3-13(8-16(11)22(24)25)18(23)20-10-15-9-17(26-21-15)12-4-6-14(19)7-5-12/h2-9H,10H2,1H3,(H,20,23). The number of benzene rings is 2. The second-order valence-electron chi connectivity index (χ2n) is 5.63. The van der Waals surface area contributed by atoms with Gasteiger partial charge in [0.2, 0.25) is 0 Å². The first-order valence-electron chi connectivity index (χ1n) is 7.69. The number of aromatic nitrogens is 1. The third kappa shape index (κ3) is 3.75. The quantitative estimate of drug-likeness (QED) is 0.557. The lowest BCUT2D eigenvalue weighted by molar-refractivity contribution is -0.385. The molecular formula is C18H14FN3O4. The number of hydrogen-bond acceptors (Lipinski definition) is 5. The van der Waals surface area contributed by atoms with Crippen molar-refractivity contribution < 1.29 is 18.6 Å². The van der Waals surface area contributed by atoms with E-state index in [0.717, 1.165) is 0 Å².